The number of thioether (sulfide) groups is 1. The summed E-state index contributed by atoms with van der Waals surface area (Å²) >= 11 is 0.827. The lowest BCUT2D eigenvalue weighted by Crippen LogP contribution is -2.27. The topological polar surface area (TPSA) is 118 Å². The Labute approximate surface area is 230 Å². The first-order valence-corrected chi connectivity index (χ1v) is 12.8. The van der Waals surface area contributed by atoms with Crippen LogP contribution in [-0.2, 0) is 16.1 Å². The molecule has 0 saturated carbocycles. The van der Waals surface area contributed by atoms with Crippen LogP contribution in [0.15, 0.2) is 71.6 Å². The number of nitrogens with one attached hydrogen (secondary N) is 1. The second-order valence-corrected chi connectivity index (χ2v) is 9.21. The van der Waals surface area contributed by atoms with Crippen LogP contribution < -0.4 is 19.5 Å². The number of methoxy groups -OCH3 is 1. The Morgan fingerprint density at radius 1 is 1.03 bits per heavy atom. The van der Waals surface area contributed by atoms with Crippen LogP contribution in [0.2, 0.25) is 0 Å². The highest BCUT2D eigenvalue weighted by Crippen LogP contribution is 2.35. The maximum Gasteiger partial charge on any atom is 0.293 e. The number of imide groups is 1. The highest BCUT2D eigenvalue weighted by atomic mass is 32.2. The van der Waals surface area contributed by atoms with Crippen molar-refractivity contribution in [3.05, 3.63) is 88.3 Å². The van der Waals surface area contributed by atoms with E-state index in [2.05, 4.69) is 11.4 Å². The van der Waals surface area contributed by atoms with E-state index in [4.69, 9.17) is 14.2 Å². The van der Waals surface area contributed by atoms with Crippen molar-refractivity contribution >= 4 is 40.6 Å². The fourth-order valence-electron chi connectivity index (χ4n) is 3.80. The molecule has 3 aromatic carbocycles. The molecule has 0 aliphatic carbocycles. The van der Waals surface area contributed by atoms with Crippen molar-refractivity contribution in [1.29, 1.82) is 5.26 Å². The molecule has 1 aliphatic heterocycles. The lowest BCUT2D eigenvalue weighted by molar-refractivity contribution is -0.123. The molecule has 3 amide bonds. The molecular formula is C29H25N3O6S. The summed E-state index contributed by atoms with van der Waals surface area (Å²) in [4.78, 5) is 39.4. The van der Waals surface area contributed by atoms with Crippen molar-refractivity contribution in [3.63, 3.8) is 0 Å². The molecular weight excluding hydrogens is 518 g/mol. The van der Waals surface area contributed by atoms with Gasteiger partial charge in [0.1, 0.15) is 5.75 Å². The number of nitriles is 1. The van der Waals surface area contributed by atoms with Gasteiger partial charge in [0, 0.05) is 0 Å². The number of benzene rings is 3. The van der Waals surface area contributed by atoms with Gasteiger partial charge in [-0.15, -0.1) is 0 Å². The standard InChI is InChI=1S/C29H25N3O6S/c1-3-37-23-11-7-6-10-22(23)31-27(33)18-38-24-13-12-19(14-25(24)36-2)15-26-28(34)32(29(35)39-26)17-21-9-5-4-8-20(21)16-30/h4-15H,3,17-18H2,1-2H3,(H,31,33)/b26-15+. The number of amides is 3. The van der Waals surface area contributed by atoms with Crippen LogP contribution in [0.5, 0.6) is 17.2 Å². The van der Waals surface area contributed by atoms with Crippen LogP contribution in [0.1, 0.15) is 23.6 Å². The van der Waals surface area contributed by atoms with Crippen molar-refractivity contribution in [2.75, 3.05) is 25.6 Å². The van der Waals surface area contributed by atoms with Crippen LogP contribution in [-0.4, -0.2) is 42.3 Å². The lowest BCUT2D eigenvalue weighted by atomic mass is 10.1. The number of rotatable bonds is 10. The highest BCUT2D eigenvalue weighted by molar-refractivity contribution is 8.18. The Hall–Kier alpha value is -4.75. The van der Waals surface area contributed by atoms with Gasteiger partial charge in [-0.1, -0.05) is 36.4 Å². The Bertz CT molecular complexity index is 1480. The van der Waals surface area contributed by atoms with Gasteiger partial charge in [-0.3, -0.25) is 19.3 Å². The summed E-state index contributed by atoms with van der Waals surface area (Å²) in [5.41, 5.74) is 2.16. The Balaban J connectivity index is 1.43. The number of carbonyl (C=O) groups excluding carboxylic acids is 3. The lowest BCUT2D eigenvalue weighted by Gasteiger charge is -2.14. The molecule has 1 N–H and O–H groups in total. The molecule has 10 heteroatoms. The Morgan fingerprint density at radius 3 is 2.56 bits per heavy atom. The molecule has 3 aromatic rings. The zero-order chi connectivity index (χ0) is 27.8. The molecule has 0 bridgehead atoms. The SMILES string of the molecule is CCOc1ccccc1NC(=O)COc1ccc(/C=C2/SC(=O)N(Cc3ccccc3C#N)C2=O)cc1OC. The van der Waals surface area contributed by atoms with Crippen LogP contribution in [0.3, 0.4) is 0 Å². The third kappa shape index (κ3) is 6.58. The molecule has 0 atom stereocenters. The zero-order valence-electron chi connectivity index (χ0n) is 21.3. The number of anilines is 1. The van der Waals surface area contributed by atoms with Gasteiger partial charge in [0.05, 0.1) is 42.5 Å². The average Bonchev–Trinajstić information content (AvgIpc) is 3.20. The normalized spacial score (nSPS) is 13.8. The molecule has 1 aliphatic rings. The van der Waals surface area contributed by atoms with Crippen molar-refractivity contribution < 1.29 is 28.6 Å². The number of ether oxygens (including phenoxy) is 3. The summed E-state index contributed by atoms with van der Waals surface area (Å²) in [6.07, 6.45) is 1.59. The van der Waals surface area contributed by atoms with E-state index >= 15 is 0 Å². The highest BCUT2D eigenvalue weighted by Gasteiger charge is 2.35. The van der Waals surface area contributed by atoms with Gasteiger partial charge in [0.25, 0.3) is 17.1 Å². The van der Waals surface area contributed by atoms with E-state index in [-0.39, 0.29) is 24.0 Å². The first-order chi connectivity index (χ1) is 18.9. The summed E-state index contributed by atoms with van der Waals surface area (Å²) in [5.74, 6) is 0.437. The van der Waals surface area contributed by atoms with E-state index < -0.39 is 11.1 Å². The summed E-state index contributed by atoms with van der Waals surface area (Å²) in [6.45, 7) is 2.07. The van der Waals surface area contributed by atoms with Crippen molar-refractivity contribution in [3.8, 4) is 23.3 Å². The molecule has 198 valence electrons. The van der Waals surface area contributed by atoms with E-state index in [1.54, 1.807) is 66.7 Å². The predicted octanol–water partition coefficient (Wildman–Crippen LogP) is 5.22. The molecule has 1 heterocycles. The van der Waals surface area contributed by atoms with Crippen LogP contribution in [0.25, 0.3) is 6.08 Å². The van der Waals surface area contributed by atoms with E-state index in [1.165, 1.54) is 7.11 Å². The zero-order valence-corrected chi connectivity index (χ0v) is 22.1. The molecule has 0 unspecified atom stereocenters. The second kappa shape index (κ2) is 12.7. The number of para-hydroxylation sites is 2. The molecule has 39 heavy (non-hydrogen) atoms. The maximum absolute atomic E-state index is 13.0. The number of hydrogen-bond donors (Lipinski definition) is 1. The third-order valence-electron chi connectivity index (χ3n) is 5.65. The van der Waals surface area contributed by atoms with Gasteiger partial charge < -0.3 is 19.5 Å². The number of nitrogens with zero attached hydrogens (tertiary/aromatic N) is 2. The molecule has 0 radical (unpaired) electrons. The summed E-state index contributed by atoms with van der Waals surface area (Å²) in [5, 5.41) is 11.7. The summed E-state index contributed by atoms with van der Waals surface area (Å²) in [7, 11) is 1.46. The van der Waals surface area contributed by atoms with E-state index in [0.717, 1.165) is 16.7 Å². The van der Waals surface area contributed by atoms with Crippen molar-refractivity contribution in [1.82, 2.24) is 4.90 Å². The minimum absolute atomic E-state index is 0.0128. The maximum atomic E-state index is 13.0. The second-order valence-electron chi connectivity index (χ2n) is 8.21. The van der Waals surface area contributed by atoms with Gasteiger partial charge in [0.2, 0.25) is 0 Å². The van der Waals surface area contributed by atoms with E-state index in [9.17, 15) is 19.6 Å². The van der Waals surface area contributed by atoms with Crippen LogP contribution >= 0.6 is 11.8 Å². The number of carbonyl (C=O) groups is 3. The van der Waals surface area contributed by atoms with Gasteiger partial charge in [0.15, 0.2) is 18.1 Å². The van der Waals surface area contributed by atoms with E-state index in [0.29, 0.717) is 46.2 Å². The molecule has 0 spiro atoms. The fraction of sp³-hybridized carbons (Fsp3) is 0.172. The van der Waals surface area contributed by atoms with Crippen LogP contribution in [0.4, 0.5) is 10.5 Å². The monoisotopic (exact) mass is 543 g/mol. The van der Waals surface area contributed by atoms with Gasteiger partial charge in [-0.2, -0.15) is 5.26 Å². The number of hydrogen-bond acceptors (Lipinski definition) is 8. The average molecular weight is 544 g/mol. The Morgan fingerprint density at radius 2 is 1.79 bits per heavy atom. The minimum atomic E-state index is -0.443. The fourth-order valence-corrected chi connectivity index (χ4v) is 4.64. The molecule has 9 nitrogen and oxygen atoms in total. The Kier molecular flexibility index (Phi) is 8.86. The molecule has 1 fully saturated rings. The minimum Gasteiger partial charge on any atom is -0.493 e. The predicted molar refractivity (Wildman–Crippen MR) is 147 cm³/mol. The summed E-state index contributed by atoms with van der Waals surface area (Å²) < 4.78 is 16.6. The molecule has 1 saturated heterocycles. The van der Waals surface area contributed by atoms with E-state index in [1.807, 2.05) is 13.0 Å². The quantitative estimate of drug-likeness (QED) is 0.346. The summed E-state index contributed by atoms with van der Waals surface area (Å²) in [6, 6.07) is 21.0. The van der Waals surface area contributed by atoms with Crippen LogP contribution in [0, 0.1) is 11.3 Å². The van der Waals surface area contributed by atoms with Gasteiger partial charge in [-0.05, 0) is 66.2 Å². The smallest absolute Gasteiger partial charge is 0.293 e. The van der Waals surface area contributed by atoms with Crippen molar-refractivity contribution in [2.24, 2.45) is 0 Å². The van der Waals surface area contributed by atoms with Gasteiger partial charge >= 0.3 is 0 Å². The van der Waals surface area contributed by atoms with Gasteiger partial charge in [-0.25, -0.2) is 0 Å². The largest absolute Gasteiger partial charge is 0.493 e. The van der Waals surface area contributed by atoms with Crippen molar-refractivity contribution in [2.45, 2.75) is 13.5 Å². The molecule has 0 aromatic heterocycles. The first kappa shape index (κ1) is 27.3. The third-order valence-corrected chi connectivity index (χ3v) is 6.55. The first-order valence-electron chi connectivity index (χ1n) is 12.0. The molecule has 4 rings (SSSR count).